The highest BCUT2D eigenvalue weighted by Crippen LogP contribution is 2.34. The van der Waals surface area contributed by atoms with Gasteiger partial charge in [0.25, 0.3) is 0 Å². The van der Waals surface area contributed by atoms with E-state index >= 15 is 0 Å². The van der Waals surface area contributed by atoms with Gasteiger partial charge in [0.1, 0.15) is 29.5 Å². The SMILES string of the molecule is COc1ccc(S[C@H]2O[C@H](CO)[C@@H](O)[C@@H]2O)cc1. The number of thioether (sulfide) groups is 1. The summed E-state index contributed by atoms with van der Waals surface area (Å²) < 4.78 is 10.4. The molecule has 1 fully saturated rings. The van der Waals surface area contributed by atoms with Gasteiger partial charge in [0.2, 0.25) is 0 Å². The molecule has 0 radical (unpaired) electrons. The first-order valence-electron chi connectivity index (χ1n) is 5.59. The molecule has 1 aromatic rings. The van der Waals surface area contributed by atoms with Crippen molar-refractivity contribution in [3.05, 3.63) is 24.3 Å². The maximum absolute atomic E-state index is 9.79. The largest absolute Gasteiger partial charge is 0.497 e. The number of rotatable bonds is 4. The molecule has 6 heteroatoms. The number of methoxy groups -OCH3 is 1. The van der Waals surface area contributed by atoms with Crippen LogP contribution in [0.15, 0.2) is 29.2 Å². The third kappa shape index (κ3) is 2.78. The molecule has 0 spiro atoms. The quantitative estimate of drug-likeness (QED) is 0.728. The van der Waals surface area contributed by atoms with E-state index in [0.29, 0.717) is 0 Å². The highest BCUT2D eigenvalue weighted by Gasteiger charge is 2.42. The lowest BCUT2D eigenvalue weighted by atomic mass is 10.2. The minimum Gasteiger partial charge on any atom is -0.497 e. The molecule has 1 saturated heterocycles. The topological polar surface area (TPSA) is 79.2 Å². The van der Waals surface area contributed by atoms with Gasteiger partial charge in [-0.2, -0.15) is 0 Å². The summed E-state index contributed by atoms with van der Waals surface area (Å²) in [7, 11) is 1.59. The Morgan fingerprint density at radius 1 is 1.22 bits per heavy atom. The second kappa shape index (κ2) is 5.90. The molecule has 0 amide bonds. The molecule has 0 aromatic heterocycles. The van der Waals surface area contributed by atoms with Crippen LogP contribution in [0.1, 0.15) is 0 Å². The lowest BCUT2D eigenvalue weighted by molar-refractivity contribution is -0.00808. The van der Waals surface area contributed by atoms with Crippen LogP contribution in [0.2, 0.25) is 0 Å². The van der Waals surface area contributed by atoms with Gasteiger partial charge in [0, 0.05) is 4.90 Å². The Balaban J connectivity index is 2.00. The monoisotopic (exact) mass is 272 g/mol. The third-order valence-corrected chi connectivity index (χ3v) is 3.98. The van der Waals surface area contributed by atoms with Gasteiger partial charge in [-0.3, -0.25) is 0 Å². The first-order valence-corrected chi connectivity index (χ1v) is 6.47. The Kier molecular flexibility index (Phi) is 4.47. The lowest BCUT2D eigenvalue weighted by Gasteiger charge is -2.14. The first-order chi connectivity index (χ1) is 8.65. The minimum atomic E-state index is -1.05. The predicted octanol–water partition coefficient (Wildman–Crippen LogP) is 0.226. The summed E-state index contributed by atoms with van der Waals surface area (Å²) in [4.78, 5) is 0.894. The lowest BCUT2D eigenvalue weighted by Crippen LogP contribution is -2.33. The van der Waals surface area contributed by atoms with Gasteiger partial charge in [-0.15, -0.1) is 0 Å². The second-order valence-electron chi connectivity index (χ2n) is 4.00. The summed E-state index contributed by atoms with van der Waals surface area (Å²) in [6.45, 7) is -0.308. The highest BCUT2D eigenvalue weighted by molar-refractivity contribution is 7.99. The number of aliphatic hydroxyl groups excluding tert-OH is 3. The van der Waals surface area contributed by atoms with Crippen LogP contribution in [-0.4, -0.2) is 52.8 Å². The molecule has 2 rings (SSSR count). The molecule has 3 N–H and O–H groups in total. The van der Waals surface area contributed by atoms with Gasteiger partial charge >= 0.3 is 0 Å². The van der Waals surface area contributed by atoms with Crippen LogP contribution >= 0.6 is 11.8 Å². The average Bonchev–Trinajstić information content (AvgIpc) is 2.67. The van der Waals surface area contributed by atoms with Crippen LogP contribution in [-0.2, 0) is 4.74 Å². The number of benzene rings is 1. The summed E-state index contributed by atoms with van der Waals surface area (Å²) in [5, 5.41) is 28.4. The summed E-state index contributed by atoms with van der Waals surface area (Å²) in [6, 6.07) is 7.31. The second-order valence-corrected chi connectivity index (χ2v) is 5.17. The number of hydrogen-bond donors (Lipinski definition) is 3. The minimum absolute atomic E-state index is 0.308. The van der Waals surface area contributed by atoms with Gasteiger partial charge < -0.3 is 24.8 Å². The zero-order valence-electron chi connectivity index (χ0n) is 9.89. The molecular weight excluding hydrogens is 256 g/mol. The van der Waals surface area contributed by atoms with Gasteiger partial charge in [0.05, 0.1) is 13.7 Å². The third-order valence-electron chi connectivity index (χ3n) is 2.81. The van der Waals surface area contributed by atoms with Crippen molar-refractivity contribution in [3.63, 3.8) is 0 Å². The first kappa shape index (κ1) is 13.6. The van der Waals surface area contributed by atoms with E-state index in [1.807, 2.05) is 24.3 Å². The van der Waals surface area contributed by atoms with Gasteiger partial charge in [-0.25, -0.2) is 0 Å². The number of aliphatic hydroxyl groups is 3. The molecule has 1 aromatic carbocycles. The van der Waals surface area contributed by atoms with Crippen molar-refractivity contribution in [2.45, 2.75) is 28.6 Å². The zero-order valence-corrected chi connectivity index (χ0v) is 10.7. The molecule has 5 nitrogen and oxygen atoms in total. The smallest absolute Gasteiger partial charge is 0.136 e. The molecule has 1 aliphatic heterocycles. The number of ether oxygens (including phenoxy) is 2. The Morgan fingerprint density at radius 2 is 1.89 bits per heavy atom. The van der Waals surface area contributed by atoms with Gasteiger partial charge in [-0.1, -0.05) is 11.8 Å². The van der Waals surface area contributed by atoms with E-state index in [1.54, 1.807) is 7.11 Å². The van der Waals surface area contributed by atoms with Crippen LogP contribution < -0.4 is 4.74 Å². The standard InChI is InChI=1S/C12H16O5S/c1-16-7-2-4-8(5-3-7)18-12-11(15)10(14)9(6-13)17-12/h2-5,9-15H,6H2,1H3/t9-,10-,11+,12-/m1/s1. The van der Waals surface area contributed by atoms with Crippen LogP contribution in [0.25, 0.3) is 0 Å². The molecule has 0 bridgehead atoms. The van der Waals surface area contributed by atoms with Crippen molar-refractivity contribution in [2.24, 2.45) is 0 Å². The fraction of sp³-hybridized carbons (Fsp3) is 0.500. The molecule has 1 heterocycles. The Hall–Kier alpha value is -0.790. The van der Waals surface area contributed by atoms with Crippen LogP contribution in [0, 0.1) is 0 Å². The normalized spacial score (nSPS) is 31.6. The maximum atomic E-state index is 9.79. The fourth-order valence-electron chi connectivity index (χ4n) is 1.75. The molecule has 0 unspecified atom stereocenters. The zero-order chi connectivity index (χ0) is 13.1. The average molecular weight is 272 g/mol. The van der Waals surface area contributed by atoms with Crippen molar-refractivity contribution in [2.75, 3.05) is 13.7 Å². The number of hydrogen-bond acceptors (Lipinski definition) is 6. The molecule has 1 aliphatic rings. The Labute approximate surface area is 109 Å². The van der Waals surface area contributed by atoms with Crippen LogP contribution in [0.4, 0.5) is 0 Å². The van der Waals surface area contributed by atoms with E-state index < -0.39 is 23.7 Å². The Bertz CT molecular complexity index is 383. The summed E-state index contributed by atoms with van der Waals surface area (Å²) >= 11 is 1.30. The van der Waals surface area contributed by atoms with E-state index in [1.165, 1.54) is 11.8 Å². The molecule has 100 valence electrons. The van der Waals surface area contributed by atoms with E-state index in [-0.39, 0.29) is 6.61 Å². The molecule has 0 aliphatic carbocycles. The highest BCUT2D eigenvalue weighted by atomic mass is 32.2. The van der Waals surface area contributed by atoms with E-state index in [2.05, 4.69) is 0 Å². The van der Waals surface area contributed by atoms with E-state index in [4.69, 9.17) is 14.6 Å². The predicted molar refractivity (Wildman–Crippen MR) is 66.6 cm³/mol. The maximum Gasteiger partial charge on any atom is 0.136 e. The molecule has 18 heavy (non-hydrogen) atoms. The van der Waals surface area contributed by atoms with E-state index in [9.17, 15) is 10.2 Å². The summed E-state index contributed by atoms with van der Waals surface area (Å²) in [6.07, 6.45) is -2.78. The molecule has 4 atom stereocenters. The van der Waals surface area contributed by atoms with Crippen molar-refractivity contribution >= 4 is 11.8 Å². The molecular formula is C12H16O5S. The summed E-state index contributed by atoms with van der Waals surface area (Å²) in [5.41, 5.74) is -0.578. The van der Waals surface area contributed by atoms with E-state index in [0.717, 1.165) is 10.6 Å². The van der Waals surface area contributed by atoms with Crippen molar-refractivity contribution < 1.29 is 24.8 Å². The van der Waals surface area contributed by atoms with Gasteiger partial charge in [0.15, 0.2) is 0 Å². The Morgan fingerprint density at radius 3 is 2.39 bits per heavy atom. The van der Waals surface area contributed by atoms with Crippen LogP contribution in [0.3, 0.4) is 0 Å². The van der Waals surface area contributed by atoms with Crippen molar-refractivity contribution in [1.82, 2.24) is 0 Å². The molecule has 0 saturated carbocycles. The fourth-order valence-corrected chi connectivity index (χ4v) is 2.81. The summed E-state index contributed by atoms with van der Waals surface area (Å²) in [5.74, 6) is 0.750. The van der Waals surface area contributed by atoms with Crippen LogP contribution in [0.5, 0.6) is 5.75 Å². The van der Waals surface area contributed by atoms with Crippen molar-refractivity contribution in [3.8, 4) is 5.75 Å². The van der Waals surface area contributed by atoms with Gasteiger partial charge in [-0.05, 0) is 24.3 Å². The van der Waals surface area contributed by atoms with Crippen molar-refractivity contribution in [1.29, 1.82) is 0 Å².